The third kappa shape index (κ3) is 1.89. The molecule has 18 heavy (non-hydrogen) atoms. The fourth-order valence-corrected chi connectivity index (χ4v) is 3.76. The molecular weight excluding hydrogens is 246 g/mol. The van der Waals surface area contributed by atoms with Crippen molar-refractivity contribution < 1.29 is 9.52 Å². The highest BCUT2D eigenvalue weighted by atomic mass is 32.1. The molecule has 0 fully saturated rings. The predicted molar refractivity (Wildman–Crippen MR) is 71.6 cm³/mol. The molecule has 2 aromatic rings. The molecule has 2 heterocycles. The number of aliphatic hydroxyl groups excluding tert-OH is 1. The molecule has 1 unspecified atom stereocenters. The second-order valence-electron chi connectivity index (χ2n) is 5.78. The maximum atomic E-state index is 10.2. The summed E-state index contributed by atoms with van der Waals surface area (Å²) in [6.07, 6.45) is 3.06. The molecule has 1 aliphatic rings. The molecule has 1 N–H and O–H groups in total. The Morgan fingerprint density at radius 1 is 1.50 bits per heavy atom. The molecule has 2 aromatic heterocycles. The first-order valence-corrected chi connectivity index (χ1v) is 7.00. The van der Waals surface area contributed by atoms with Crippen molar-refractivity contribution in [2.75, 3.05) is 0 Å². The molecule has 0 amide bonds. The molecule has 4 heteroatoms. The van der Waals surface area contributed by atoms with Gasteiger partial charge in [0, 0.05) is 0 Å². The van der Waals surface area contributed by atoms with Crippen LogP contribution in [0.25, 0.3) is 10.6 Å². The third-order valence-corrected chi connectivity index (χ3v) is 4.74. The standard InChI is InChI=1S/C14H17NO2S/c1-8-9(4-5-17-8)13-15-10-6-14(2,3)7-11(16)12(10)18-13/h4-5,11,16H,6-7H2,1-3H3. The number of hydrogen-bond donors (Lipinski definition) is 1. The Kier molecular flexibility index (Phi) is 2.61. The molecule has 1 aliphatic carbocycles. The van der Waals surface area contributed by atoms with E-state index in [-0.39, 0.29) is 11.5 Å². The molecule has 0 spiro atoms. The lowest BCUT2D eigenvalue weighted by atomic mass is 9.77. The maximum absolute atomic E-state index is 10.2. The number of aromatic nitrogens is 1. The van der Waals surface area contributed by atoms with Crippen LogP contribution in [-0.2, 0) is 6.42 Å². The molecule has 0 bridgehead atoms. The smallest absolute Gasteiger partial charge is 0.127 e. The Balaban J connectivity index is 2.06. The summed E-state index contributed by atoms with van der Waals surface area (Å²) >= 11 is 1.59. The van der Waals surface area contributed by atoms with Crippen LogP contribution < -0.4 is 0 Å². The van der Waals surface area contributed by atoms with E-state index in [1.165, 1.54) is 0 Å². The third-order valence-electron chi connectivity index (χ3n) is 3.51. The minimum absolute atomic E-state index is 0.128. The molecule has 96 valence electrons. The minimum Gasteiger partial charge on any atom is -0.469 e. The quantitative estimate of drug-likeness (QED) is 0.853. The number of hydrogen-bond acceptors (Lipinski definition) is 4. The number of rotatable bonds is 1. The lowest BCUT2D eigenvalue weighted by molar-refractivity contribution is 0.102. The molecule has 0 aromatic carbocycles. The van der Waals surface area contributed by atoms with Gasteiger partial charge in [-0.2, -0.15) is 0 Å². The van der Waals surface area contributed by atoms with Crippen LogP contribution in [0.1, 0.15) is 42.7 Å². The zero-order chi connectivity index (χ0) is 12.9. The largest absolute Gasteiger partial charge is 0.469 e. The van der Waals surface area contributed by atoms with Crippen LogP contribution in [0.2, 0.25) is 0 Å². The first-order chi connectivity index (χ1) is 8.46. The van der Waals surface area contributed by atoms with Crippen LogP contribution in [0.5, 0.6) is 0 Å². The second-order valence-corrected chi connectivity index (χ2v) is 6.81. The average Bonchev–Trinajstić information content (AvgIpc) is 2.82. The second kappa shape index (κ2) is 3.93. The summed E-state index contributed by atoms with van der Waals surface area (Å²) in [7, 11) is 0. The minimum atomic E-state index is -0.373. The molecule has 0 aliphatic heterocycles. The maximum Gasteiger partial charge on any atom is 0.127 e. The van der Waals surface area contributed by atoms with Crippen LogP contribution in [0.4, 0.5) is 0 Å². The van der Waals surface area contributed by atoms with Gasteiger partial charge in [-0.15, -0.1) is 11.3 Å². The van der Waals surface area contributed by atoms with Gasteiger partial charge in [0.15, 0.2) is 0 Å². The van der Waals surface area contributed by atoms with E-state index in [0.717, 1.165) is 39.7 Å². The van der Waals surface area contributed by atoms with Gasteiger partial charge in [0.2, 0.25) is 0 Å². The number of fused-ring (bicyclic) bond motifs is 1. The Morgan fingerprint density at radius 2 is 2.28 bits per heavy atom. The van der Waals surface area contributed by atoms with Crippen molar-refractivity contribution in [3.63, 3.8) is 0 Å². The summed E-state index contributed by atoms with van der Waals surface area (Å²) < 4.78 is 5.32. The fraction of sp³-hybridized carbons (Fsp3) is 0.500. The van der Waals surface area contributed by atoms with E-state index < -0.39 is 0 Å². The van der Waals surface area contributed by atoms with Gasteiger partial charge in [-0.25, -0.2) is 4.98 Å². The summed E-state index contributed by atoms with van der Waals surface area (Å²) in [5, 5.41) is 11.2. The van der Waals surface area contributed by atoms with Crippen LogP contribution in [0, 0.1) is 12.3 Å². The Morgan fingerprint density at radius 3 is 2.94 bits per heavy atom. The van der Waals surface area contributed by atoms with E-state index >= 15 is 0 Å². The van der Waals surface area contributed by atoms with Gasteiger partial charge >= 0.3 is 0 Å². The van der Waals surface area contributed by atoms with Crippen molar-refractivity contribution in [1.29, 1.82) is 0 Å². The zero-order valence-corrected chi connectivity index (χ0v) is 11.7. The zero-order valence-electron chi connectivity index (χ0n) is 10.9. The normalized spacial score (nSPS) is 21.9. The molecule has 0 saturated carbocycles. The number of nitrogens with zero attached hydrogens (tertiary/aromatic N) is 1. The summed E-state index contributed by atoms with van der Waals surface area (Å²) in [4.78, 5) is 5.73. The van der Waals surface area contributed by atoms with Crippen molar-refractivity contribution in [2.45, 2.75) is 39.7 Å². The Labute approximate surface area is 110 Å². The van der Waals surface area contributed by atoms with Crippen LogP contribution in [-0.4, -0.2) is 10.1 Å². The number of aryl methyl sites for hydroxylation is 1. The molecule has 3 rings (SSSR count). The van der Waals surface area contributed by atoms with Gasteiger partial charge in [-0.3, -0.25) is 0 Å². The molecule has 3 nitrogen and oxygen atoms in total. The highest BCUT2D eigenvalue weighted by molar-refractivity contribution is 7.15. The lowest BCUT2D eigenvalue weighted by Gasteiger charge is -2.31. The average molecular weight is 263 g/mol. The van der Waals surface area contributed by atoms with Gasteiger partial charge in [-0.1, -0.05) is 13.8 Å². The lowest BCUT2D eigenvalue weighted by Crippen LogP contribution is -2.24. The van der Waals surface area contributed by atoms with Gasteiger partial charge in [0.25, 0.3) is 0 Å². The van der Waals surface area contributed by atoms with Gasteiger partial charge in [0.1, 0.15) is 10.8 Å². The van der Waals surface area contributed by atoms with E-state index in [9.17, 15) is 5.11 Å². The van der Waals surface area contributed by atoms with E-state index in [0.29, 0.717) is 0 Å². The van der Waals surface area contributed by atoms with Crippen LogP contribution >= 0.6 is 11.3 Å². The molecule has 1 atom stereocenters. The Bertz CT molecular complexity index is 582. The Hall–Kier alpha value is -1.13. The molecule has 0 saturated heterocycles. The van der Waals surface area contributed by atoms with Crippen LogP contribution in [0.15, 0.2) is 16.7 Å². The van der Waals surface area contributed by atoms with E-state index in [2.05, 4.69) is 13.8 Å². The predicted octanol–water partition coefficient (Wildman–Crippen LogP) is 3.72. The van der Waals surface area contributed by atoms with Crippen molar-refractivity contribution in [3.8, 4) is 10.6 Å². The highest BCUT2D eigenvalue weighted by Gasteiger charge is 2.34. The number of furan rings is 1. The summed E-state index contributed by atoms with van der Waals surface area (Å²) in [5.74, 6) is 0.884. The topological polar surface area (TPSA) is 46.3 Å². The van der Waals surface area contributed by atoms with Crippen molar-refractivity contribution >= 4 is 11.3 Å². The van der Waals surface area contributed by atoms with Crippen LogP contribution in [0.3, 0.4) is 0 Å². The molecule has 0 radical (unpaired) electrons. The van der Waals surface area contributed by atoms with Gasteiger partial charge < -0.3 is 9.52 Å². The van der Waals surface area contributed by atoms with E-state index in [1.807, 2.05) is 13.0 Å². The van der Waals surface area contributed by atoms with E-state index in [4.69, 9.17) is 9.40 Å². The van der Waals surface area contributed by atoms with Crippen molar-refractivity contribution in [2.24, 2.45) is 5.41 Å². The van der Waals surface area contributed by atoms with Crippen molar-refractivity contribution in [1.82, 2.24) is 4.98 Å². The van der Waals surface area contributed by atoms with Gasteiger partial charge in [0.05, 0.1) is 28.5 Å². The first kappa shape index (κ1) is 11.9. The fourth-order valence-electron chi connectivity index (χ4n) is 2.61. The summed E-state index contributed by atoms with van der Waals surface area (Å²) in [5.41, 5.74) is 2.22. The monoisotopic (exact) mass is 263 g/mol. The SMILES string of the molecule is Cc1occc1-c1nc2c(s1)C(O)CC(C)(C)C2. The number of aliphatic hydroxyl groups is 1. The summed E-state index contributed by atoms with van der Waals surface area (Å²) in [6.45, 7) is 6.30. The summed E-state index contributed by atoms with van der Waals surface area (Å²) in [6, 6.07) is 1.94. The number of thiazole rings is 1. The first-order valence-electron chi connectivity index (χ1n) is 6.18. The van der Waals surface area contributed by atoms with E-state index in [1.54, 1.807) is 17.6 Å². The van der Waals surface area contributed by atoms with Crippen molar-refractivity contribution in [3.05, 3.63) is 28.7 Å². The van der Waals surface area contributed by atoms with Gasteiger partial charge in [-0.05, 0) is 31.2 Å². The highest BCUT2D eigenvalue weighted by Crippen LogP contribution is 2.45. The molecular formula is C14H17NO2S.